The average molecular weight is 274 g/mol. The molecule has 1 aromatic rings. The summed E-state index contributed by atoms with van der Waals surface area (Å²) in [5.74, 6) is 0.531. The number of rotatable bonds is 11. The van der Waals surface area contributed by atoms with E-state index in [2.05, 4.69) is 26.0 Å². The van der Waals surface area contributed by atoms with E-state index >= 15 is 0 Å². The topological polar surface area (TPSA) is 17.1 Å². The van der Waals surface area contributed by atoms with Crippen molar-refractivity contribution in [1.29, 1.82) is 0 Å². The standard InChI is InChI=1S/C19H30O/c1-3-5-6-7-8-9-13-16-19(20)18(4-2)17-14-11-10-12-15-17/h10-12,14-15,18H,3-9,13,16H2,1-2H3. The highest BCUT2D eigenvalue weighted by Crippen LogP contribution is 2.23. The van der Waals surface area contributed by atoms with Crippen LogP contribution in [-0.4, -0.2) is 5.78 Å². The molecule has 0 aliphatic carbocycles. The van der Waals surface area contributed by atoms with Gasteiger partial charge in [0.2, 0.25) is 0 Å². The summed E-state index contributed by atoms with van der Waals surface area (Å²) in [7, 11) is 0. The molecule has 112 valence electrons. The third kappa shape index (κ3) is 6.36. The number of carbonyl (C=O) groups excluding carboxylic acids is 1. The van der Waals surface area contributed by atoms with Crippen molar-refractivity contribution in [2.24, 2.45) is 0 Å². The van der Waals surface area contributed by atoms with Crippen molar-refractivity contribution < 1.29 is 4.79 Å². The average Bonchev–Trinajstić information content (AvgIpc) is 2.48. The van der Waals surface area contributed by atoms with Crippen LogP contribution in [0.4, 0.5) is 0 Å². The van der Waals surface area contributed by atoms with E-state index in [-0.39, 0.29) is 5.92 Å². The second-order valence-electron chi connectivity index (χ2n) is 5.71. The monoisotopic (exact) mass is 274 g/mol. The molecule has 0 fully saturated rings. The van der Waals surface area contributed by atoms with Crippen molar-refractivity contribution in [2.75, 3.05) is 0 Å². The second-order valence-corrected chi connectivity index (χ2v) is 5.71. The SMILES string of the molecule is CCCCCCCCCC(=O)C(CC)c1ccccc1. The lowest BCUT2D eigenvalue weighted by atomic mass is 9.89. The van der Waals surface area contributed by atoms with Gasteiger partial charge in [0.15, 0.2) is 0 Å². The van der Waals surface area contributed by atoms with Crippen LogP contribution in [0.25, 0.3) is 0 Å². The maximum absolute atomic E-state index is 12.3. The largest absolute Gasteiger partial charge is 0.299 e. The van der Waals surface area contributed by atoms with Crippen LogP contribution < -0.4 is 0 Å². The van der Waals surface area contributed by atoms with E-state index in [1.807, 2.05) is 18.2 Å². The summed E-state index contributed by atoms with van der Waals surface area (Å²) in [6.45, 7) is 4.35. The van der Waals surface area contributed by atoms with Crippen LogP contribution in [0, 0.1) is 0 Å². The summed E-state index contributed by atoms with van der Waals surface area (Å²) in [5, 5.41) is 0. The zero-order valence-electron chi connectivity index (χ0n) is 13.2. The van der Waals surface area contributed by atoms with Gasteiger partial charge < -0.3 is 0 Å². The van der Waals surface area contributed by atoms with Gasteiger partial charge in [0.1, 0.15) is 5.78 Å². The first-order chi connectivity index (χ1) is 9.79. The molecule has 0 aromatic heterocycles. The molecule has 1 rings (SSSR count). The lowest BCUT2D eigenvalue weighted by Gasteiger charge is -2.14. The number of unbranched alkanes of at least 4 members (excludes halogenated alkanes) is 6. The van der Waals surface area contributed by atoms with Gasteiger partial charge in [0.25, 0.3) is 0 Å². The fourth-order valence-corrected chi connectivity index (χ4v) is 2.77. The molecule has 0 spiro atoms. The Balaban J connectivity index is 2.24. The molecule has 1 atom stereocenters. The molecule has 1 aromatic carbocycles. The van der Waals surface area contributed by atoms with Crippen LogP contribution >= 0.6 is 0 Å². The Bertz CT molecular complexity index is 355. The highest BCUT2D eigenvalue weighted by atomic mass is 16.1. The summed E-state index contributed by atoms with van der Waals surface area (Å²) in [4.78, 5) is 12.3. The Morgan fingerprint density at radius 1 is 0.900 bits per heavy atom. The molecule has 0 aliphatic heterocycles. The first-order valence-electron chi connectivity index (χ1n) is 8.37. The molecule has 0 amide bonds. The van der Waals surface area contributed by atoms with Crippen LogP contribution in [0.2, 0.25) is 0 Å². The van der Waals surface area contributed by atoms with E-state index in [0.29, 0.717) is 5.78 Å². The van der Waals surface area contributed by atoms with Crippen molar-refractivity contribution in [1.82, 2.24) is 0 Å². The zero-order chi connectivity index (χ0) is 14.6. The van der Waals surface area contributed by atoms with Gasteiger partial charge in [0, 0.05) is 12.3 Å². The maximum atomic E-state index is 12.3. The minimum atomic E-state index is 0.108. The van der Waals surface area contributed by atoms with Crippen LogP contribution in [-0.2, 0) is 4.79 Å². The Morgan fingerprint density at radius 3 is 2.10 bits per heavy atom. The Morgan fingerprint density at radius 2 is 1.50 bits per heavy atom. The van der Waals surface area contributed by atoms with Crippen molar-refractivity contribution in [3.8, 4) is 0 Å². The fraction of sp³-hybridized carbons (Fsp3) is 0.632. The van der Waals surface area contributed by atoms with Gasteiger partial charge in [-0.15, -0.1) is 0 Å². The molecule has 1 nitrogen and oxygen atoms in total. The van der Waals surface area contributed by atoms with E-state index in [0.717, 1.165) is 19.3 Å². The Kier molecular flexibility index (Phi) is 9.02. The second kappa shape index (κ2) is 10.7. The van der Waals surface area contributed by atoms with Gasteiger partial charge in [-0.05, 0) is 18.4 Å². The minimum absolute atomic E-state index is 0.108. The number of Topliss-reactive ketones (excluding diaryl/α,β-unsaturated/α-hetero) is 1. The van der Waals surface area contributed by atoms with Crippen molar-refractivity contribution in [3.63, 3.8) is 0 Å². The first kappa shape index (κ1) is 16.9. The van der Waals surface area contributed by atoms with Crippen molar-refractivity contribution in [3.05, 3.63) is 35.9 Å². The summed E-state index contributed by atoms with van der Waals surface area (Å²) in [6, 6.07) is 10.2. The normalized spacial score (nSPS) is 12.3. The summed E-state index contributed by atoms with van der Waals surface area (Å²) in [6.07, 6.45) is 10.6. The van der Waals surface area contributed by atoms with Gasteiger partial charge >= 0.3 is 0 Å². The summed E-state index contributed by atoms with van der Waals surface area (Å²) >= 11 is 0. The predicted molar refractivity (Wildman–Crippen MR) is 87.1 cm³/mol. The van der Waals surface area contributed by atoms with Crippen LogP contribution in [0.3, 0.4) is 0 Å². The summed E-state index contributed by atoms with van der Waals surface area (Å²) < 4.78 is 0. The van der Waals surface area contributed by atoms with E-state index in [1.54, 1.807) is 0 Å². The Labute approximate surface area is 124 Å². The number of hydrogen-bond donors (Lipinski definition) is 0. The predicted octanol–water partition coefficient (Wildman–Crippen LogP) is 5.89. The molecule has 0 radical (unpaired) electrons. The Hall–Kier alpha value is -1.11. The fourth-order valence-electron chi connectivity index (χ4n) is 2.77. The molecule has 0 N–H and O–H groups in total. The number of hydrogen-bond acceptors (Lipinski definition) is 1. The molecule has 0 saturated carbocycles. The summed E-state index contributed by atoms with van der Waals surface area (Å²) in [5.41, 5.74) is 1.18. The molecule has 1 unspecified atom stereocenters. The van der Waals surface area contributed by atoms with Crippen molar-refractivity contribution >= 4 is 5.78 Å². The molecule has 0 saturated heterocycles. The lowest BCUT2D eigenvalue weighted by Crippen LogP contribution is -2.11. The highest BCUT2D eigenvalue weighted by molar-refractivity contribution is 5.85. The lowest BCUT2D eigenvalue weighted by molar-refractivity contribution is -0.120. The van der Waals surface area contributed by atoms with E-state index in [1.165, 1.54) is 44.1 Å². The van der Waals surface area contributed by atoms with Crippen LogP contribution in [0.5, 0.6) is 0 Å². The molecule has 1 heteroatoms. The minimum Gasteiger partial charge on any atom is -0.299 e. The first-order valence-corrected chi connectivity index (χ1v) is 8.37. The number of ketones is 1. The van der Waals surface area contributed by atoms with E-state index in [4.69, 9.17) is 0 Å². The third-order valence-corrected chi connectivity index (χ3v) is 4.03. The molecule has 0 heterocycles. The molecular formula is C19H30O. The smallest absolute Gasteiger partial charge is 0.140 e. The molecular weight excluding hydrogens is 244 g/mol. The van der Waals surface area contributed by atoms with Gasteiger partial charge in [-0.1, -0.05) is 82.7 Å². The van der Waals surface area contributed by atoms with Gasteiger partial charge in [-0.2, -0.15) is 0 Å². The molecule has 0 aliphatic rings. The zero-order valence-corrected chi connectivity index (χ0v) is 13.2. The molecule has 0 bridgehead atoms. The number of benzene rings is 1. The van der Waals surface area contributed by atoms with Gasteiger partial charge in [0.05, 0.1) is 0 Å². The van der Waals surface area contributed by atoms with E-state index in [9.17, 15) is 4.79 Å². The maximum Gasteiger partial charge on any atom is 0.140 e. The third-order valence-electron chi connectivity index (χ3n) is 4.03. The van der Waals surface area contributed by atoms with Crippen molar-refractivity contribution in [2.45, 2.75) is 77.6 Å². The van der Waals surface area contributed by atoms with Gasteiger partial charge in [-0.25, -0.2) is 0 Å². The van der Waals surface area contributed by atoms with Crippen LogP contribution in [0.15, 0.2) is 30.3 Å². The van der Waals surface area contributed by atoms with Gasteiger partial charge in [-0.3, -0.25) is 4.79 Å². The van der Waals surface area contributed by atoms with E-state index < -0.39 is 0 Å². The van der Waals surface area contributed by atoms with Crippen LogP contribution in [0.1, 0.15) is 83.1 Å². The quantitative estimate of drug-likeness (QED) is 0.460. The number of carbonyl (C=O) groups is 1. The highest BCUT2D eigenvalue weighted by Gasteiger charge is 2.17. The molecule has 20 heavy (non-hydrogen) atoms.